The van der Waals surface area contributed by atoms with E-state index < -0.39 is 15.2 Å². The third kappa shape index (κ3) is 3.81. The number of nitrogens with zero attached hydrogens (tertiary/aromatic N) is 1. The molecule has 0 amide bonds. The first kappa shape index (κ1) is 18.2. The lowest BCUT2D eigenvalue weighted by molar-refractivity contribution is 0.310. The molecule has 0 bridgehead atoms. The van der Waals surface area contributed by atoms with Crippen LogP contribution in [0.5, 0.6) is 0 Å². The number of sulfone groups is 1. The molecule has 5 nitrogen and oxygen atoms in total. The number of hydrogen-bond donors (Lipinski definition) is 2. The molecule has 6 heteroatoms. The van der Waals surface area contributed by atoms with Crippen LogP contribution in [0.2, 0.25) is 0 Å². The Morgan fingerprint density at radius 3 is 2.92 bits per heavy atom. The minimum absolute atomic E-state index is 0.00835. The smallest absolute Gasteiger partial charge is 0.173 e. The number of H-pyrrole nitrogens is 1. The predicted molar refractivity (Wildman–Crippen MR) is 103 cm³/mol. The highest BCUT2D eigenvalue weighted by atomic mass is 32.2. The predicted octanol–water partition coefficient (Wildman–Crippen LogP) is 2.45. The number of likely N-dealkylation sites (N-methyl/N-ethyl adjacent to an activating group) is 2. The lowest BCUT2D eigenvalue weighted by Crippen LogP contribution is -2.32. The van der Waals surface area contributed by atoms with Gasteiger partial charge in [-0.05, 0) is 63.2 Å². The molecule has 0 spiro atoms. The topological polar surface area (TPSA) is 65.2 Å². The van der Waals surface area contributed by atoms with Crippen molar-refractivity contribution in [2.45, 2.75) is 36.4 Å². The Balaban J connectivity index is 1.86. The molecule has 0 radical (unpaired) electrons. The second-order valence-electron chi connectivity index (χ2n) is 6.93. The molecule has 0 saturated carbocycles. The molecule has 0 aliphatic carbocycles. The van der Waals surface area contributed by atoms with E-state index in [1.807, 2.05) is 18.2 Å². The average molecular weight is 362 g/mol. The number of aromatic nitrogens is 1. The Morgan fingerprint density at radius 1 is 1.48 bits per heavy atom. The molecule has 1 aromatic carbocycles. The third-order valence-electron chi connectivity index (χ3n) is 5.21. The molecule has 1 saturated heterocycles. The summed E-state index contributed by atoms with van der Waals surface area (Å²) in [5.74, 6) is 0.00835. The number of fused-ring (bicyclic) bond motifs is 1. The van der Waals surface area contributed by atoms with Gasteiger partial charge in [-0.25, -0.2) is 8.42 Å². The van der Waals surface area contributed by atoms with Crippen molar-refractivity contribution in [3.63, 3.8) is 0 Å². The second kappa shape index (κ2) is 7.32. The Hall–Kier alpha value is -1.63. The summed E-state index contributed by atoms with van der Waals surface area (Å²) in [5, 5.41) is 3.20. The molecule has 2 heterocycles. The zero-order valence-electron chi connectivity index (χ0n) is 15.0. The molecule has 1 aliphatic heterocycles. The van der Waals surface area contributed by atoms with Gasteiger partial charge in [0, 0.05) is 23.1 Å². The fourth-order valence-corrected chi connectivity index (χ4v) is 5.22. The van der Waals surface area contributed by atoms with E-state index >= 15 is 0 Å². The van der Waals surface area contributed by atoms with Gasteiger partial charge < -0.3 is 15.2 Å². The van der Waals surface area contributed by atoms with Crippen molar-refractivity contribution < 1.29 is 8.42 Å². The lowest BCUT2D eigenvalue weighted by Gasteiger charge is -2.19. The Labute approximate surface area is 150 Å². The van der Waals surface area contributed by atoms with Gasteiger partial charge in [-0.15, -0.1) is 6.58 Å². The quantitative estimate of drug-likeness (QED) is 0.744. The summed E-state index contributed by atoms with van der Waals surface area (Å²) < 4.78 is 25.0. The van der Waals surface area contributed by atoms with E-state index in [1.54, 1.807) is 7.05 Å². The lowest BCUT2D eigenvalue weighted by atomic mass is 10.0. The molecule has 3 rings (SSSR count). The van der Waals surface area contributed by atoms with Crippen molar-refractivity contribution in [1.82, 2.24) is 15.2 Å². The van der Waals surface area contributed by atoms with E-state index in [9.17, 15) is 8.42 Å². The maximum absolute atomic E-state index is 12.5. The van der Waals surface area contributed by atoms with Crippen LogP contribution in [-0.2, 0) is 22.0 Å². The van der Waals surface area contributed by atoms with Crippen LogP contribution in [0.15, 0.2) is 37.1 Å². The normalized spacial score (nSPS) is 20.2. The standard InChI is InChI=1S/C19H27N3O2S/c1-4-19(20-2)25(23,24)13-14-7-8-18-17(10-14)15(12-21-18)11-16-6-5-9-22(16)3/h4,7-8,10,12,16,19-21H,1,5-6,9,11,13H2,2-3H3. The number of hydrogen-bond acceptors (Lipinski definition) is 4. The van der Waals surface area contributed by atoms with Crippen LogP contribution in [0.3, 0.4) is 0 Å². The Bertz CT molecular complexity index is 857. The molecule has 2 unspecified atom stereocenters. The molecular formula is C19H27N3O2S. The van der Waals surface area contributed by atoms with Crippen LogP contribution < -0.4 is 5.32 Å². The summed E-state index contributed by atoms with van der Waals surface area (Å²) in [4.78, 5) is 5.73. The van der Waals surface area contributed by atoms with Gasteiger partial charge in [0.2, 0.25) is 0 Å². The third-order valence-corrected chi connectivity index (χ3v) is 7.15. The van der Waals surface area contributed by atoms with Crippen LogP contribution in [0.4, 0.5) is 0 Å². The highest BCUT2D eigenvalue weighted by Gasteiger charge is 2.23. The van der Waals surface area contributed by atoms with Crippen LogP contribution in [-0.4, -0.2) is 50.4 Å². The van der Waals surface area contributed by atoms with Crippen LogP contribution >= 0.6 is 0 Å². The van der Waals surface area contributed by atoms with Gasteiger partial charge >= 0.3 is 0 Å². The fourth-order valence-electron chi connectivity index (χ4n) is 3.74. The summed E-state index contributed by atoms with van der Waals surface area (Å²) in [6.07, 6.45) is 6.97. The molecule has 2 aromatic rings. The van der Waals surface area contributed by atoms with Crippen molar-refractivity contribution in [3.8, 4) is 0 Å². The number of likely N-dealkylation sites (tertiary alicyclic amines) is 1. The summed E-state index contributed by atoms with van der Waals surface area (Å²) >= 11 is 0. The van der Waals surface area contributed by atoms with E-state index in [-0.39, 0.29) is 5.75 Å². The largest absolute Gasteiger partial charge is 0.361 e. The molecule has 136 valence electrons. The summed E-state index contributed by atoms with van der Waals surface area (Å²) in [7, 11) is 0.494. The van der Waals surface area contributed by atoms with Crippen LogP contribution in [0.25, 0.3) is 10.9 Å². The summed E-state index contributed by atoms with van der Waals surface area (Å²) in [6.45, 7) is 4.76. The molecule has 25 heavy (non-hydrogen) atoms. The molecular weight excluding hydrogens is 334 g/mol. The van der Waals surface area contributed by atoms with E-state index in [0.717, 1.165) is 29.4 Å². The Morgan fingerprint density at radius 2 is 2.28 bits per heavy atom. The van der Waals surface area contributed by atoms with Crippen LogP contribution in [0, 0.1) is 0 Å². The average Bonchev–Trinajstić information content (AvgIpc) is 3.15. The second-order valence-corrected chi connectivity index (χ2v) is 9.05. The fraction of sp³-hybridized carbons (Fsp3) is 0.474. The highest BCUT2D eigenvalue weighted by Crippen LogP contribution is 2.26. The van der Waals surface area contributed by atoms with E-state index in [4.69, 9.17) is 0 Å². The van der Waals surface area contributed by atoms with Gasteiger partial charge in [-0.3, -0.25) is 0 Å². The van der Waals surface area contributed by atoms with Crippen molar-refractivity contribution in [3.05, 3.63) is 48.2 Å². The highest BCUT2D eigenvalue weighted by molar-refractivity contribution is 7.91. The first-order valence-electron chi connectivity index (χ1n) is 8.75. The zero-order chi connectivity index (χ0) is 18.0. The minimum atomic E-state index is -3.32. The van der Waals surface area contributed by atoms with Gasteiger partial charge in [-0.1, -0.05) is 12.1 Å². The summed E-state index contributed by atoms with van der Waals surface area (Å²) in [6, 6.07) is 6.45. The molecule has 1 aromatic heterocycles. The van der Waals surface area contributed by atoms with Crippen LogP contribution in [0.1, 0.15) is 24.0 Å². The maximum Gasteiger partial charge on any atom is 0.173 e. The van der Waals surface area contributed by atoms with E-state index in [0.29, 0.717) is 6.04 Å². The van der Waals surface area contributed by atoms with E-state index in [1.165, 1.54) is 24.5 Å². The molecule has 2 atom stereocenters. The summed E-state index contributed by atoms with van der Waals surface area (Å²) in [5.41, 5.74) is 3.14. The zero-order valence-corrected chi connectivity index (χ0v) is 15.8. The van der Waals surface area contributed by atoms with Crippen molar-refractivity contribution >= 4 is 20.7 Å². The first-order valence-corrected chi connectivity index (χ1v) is 10.5. The maximum atomic E-state index is 12.5. The van der Waals surface area contributed by atoms with Gasteiger partial charge in [0.15, 0.2) is 9.84 Å². The van der Waals surface area contributed by atoms with Gasteiger partial charge in [0.05, 0.1) is 5.75 Å². The number of nitrogens with one attached hydrogen (secondary N) is 2. The monoisotopic (exact) mass is 361 g/mol. The molecule has 1 fully saturated rings. The van der Waals surface area contributed by atoms with Crippen molar-refractivity contribution in [1.29, 1.82) is 0 Å². The molecule has 1 aliphatic rings. The number of aromatic amines is 1. The van der Waals surface area contributed by atoms with Gasteiger partial charge in [0.25, 0.3) is 0 Å². The van der Waals surface area contributed by atoms with Crippen molar-refractivity contribution in [2.75, 3.05) is 20.6 Å². The molecule has 2 N–H and O–H groups in total. The van der Waals surface area contributed by atoms with Gasteiger partial charge in [-0.2, -0.15) is 0 Å². The number of rotatable bonds is 7. The van der Waals surface area contributed by atoms with Gasteiger partial charge in [0.1, 0.15) is 5.37 Å². The first-order chi connectivity index (χ1) is 11.9. The minimum Gasteiger partial charge on any atom is -0.361 e. The Kier molecular flexibility index (Phi) is 5.32. The van der Waals surface area contributed by atoms with Crippen molar-refractivity contribution in [2.24, 2.45) is 0 Å². The van der Waals surface area contributed by atoms with E-state index in [2.05, 4.69) is 35.0 Å². The SMILES string of the molecule is C=CC(NC)S(=O)(=O)Cc1ccc2[nH]cc(CC3CCCN3C)c2c1. The number of benzene rings is 1.